The number of thiophene rings is 1. The lowest BCUT2D eigenvalue weighted by Crippen LogP contribution is -2.14. The molecule has 0 aliphatic carbocycles. The Morgan fingerprint density at radius 2 is 1.94 bits per heavy atom. The van der Waals surface area contributed by atoms with Gasteiger partial charge in [-0.1, -0.05) is 65.3 Å². The van der Waals surface area contributed by atoms with Crippen LogP contribution in [-0.4, -0.2) is 26.4 Å². The Bertz CT molecular complexity index is 1240. The van der Waals surface area contributed by atoms with Gasteiger partial charge in [0.15, 0.2) is 11.0 Å². The normalized spacial score (nSPS) is 11.0. The summed E-state index contributed by atoms with van der Waals surface area (Å²) in [6.07, 6.45) is 0. The fourth-order valence-electron chi connectivity index (χ4n) is 3.17. The van der Waals surface area contributed by atoms with Crippen LogP contribution >= 0.6 is 46.3 Å². The number of hydrogen-bond donors (Lipinski definition) is 1. The molecule has 0 unspecified atom stereocenters. The van der Waals surface area contributed by atoms with Gasteiger partial charge in [0.2, 0.25) is 5.91 Å². The molecule has 2 aromatic heterocycles. The van der Waals surface area contributed by atoms with E-state index in [1.807, 2.05) is 29.8 Å². The van der Waals surface area contributed by atoms with E-state index in [2.05, 4.69) is 40.0 Å². The molecule has 4 rings (SSSR count). The predicted octanol–water partition coefficient (Wildman–Crippen LogP) is 6.56. The van der Waals surface area contributed by atoms with E-state index in [4.69, 9.17) is 23.2 Å². The summed E-state index contributed by atoms with van der Waals surface area (Å²) in [5.74, 6) is 0.765. The van der Waals surface area contributed by atoms with Crippen molar-refractivity contribution < 1.29 is 4.79 Å². The van der Waals surface area contributed by atoms with Crippen molar-refractivity contribution >= 4 is 57.9 Å². The largest absolute Gasteiger partial charge is 0.324 e. The summed E-state index contributed by atoms with van der Waals surface area (Å²) in [4.78, 5) is 13.6. The van der Waals surface area contributed by atoms with Crippen LogP contribution in [0.25, 0.3) is 22.5 Å². The molecule has 158 valence electrons. The van der Waals surface area contributed by atoms with E-state index >= 15 is 0 Å². The molecule has 0 aliphatic rings. The third kappa shape index (κ3) is 4.80. The number of anilines is 1. The monoisotopic (exact) mass is 488 g/mol. The number of nitrogens with zero attached hydrogens (tertiary/aromatic N) is 3. The van der Waals surface area contributed by atoms with E-state index in [0.717, 1.165) is 22.5 Å². The van der Waals surface area contributed by atoms with Crippen LogP contribution in [0.5, 0.6) is 0 Å². The molecule has 9 heteroatoms. The molecule has 31 heavy (non-hydrogen) atoms. The van der Waals surface area contributed by atoms with E-state index in [-0.39, 0.29) is 11.7 Å². The number of thioether (sulfide) groups is 1. The van der Waals surface area contributed by atoms with E-state index < -0.39 is 0 Å². The Hall–Kier alpha value is -2.32. The first-order chi connectivity index (χ1) is 14.9. The second-order valence-corrected chi connectivity index (χ2v) is 9.64. The molecule has 1 amide bonds. The van der Waals surface area contributed by atoms with Crippen molar-refractivity contribution in [3.8, 4) is 22.5 Å². The van der Waals surface area contributed by atoms with Gasteiger partial charge in [0.25, 0.3) is 0 Å². The first-order valence-corrected chi connectivity index (χ1v) is 12.0. The van der Waals surface area contributed by atoms with Gasteiger partial charge in [0, 0.05) is 33.5 Å². The highest BCUT2D eigenvalue weighted by Crippen LogP contribution is 2.38. The smallest absolute Gasteiger partial charge is 0.234 e. The highest BCUT2D eigenvalue weighted by Gasteiger charge is 2.19. The second kappa shape index (κ2) is 9.44. The van der Waals surface area contributed by atoms with Crippen LogP contribution in [0.3, 0.4) is 0 Å². The number of carbonyl (C=O) groups is 1. The molecular weight excluding hydrogens is 471 g/mol. The Morgan fingerprint density at radius 3 is 2.68 bits per heavy atom. The van der Waals surface area contributed by atoms with Gasteiger partial charge >= 0.3 is 0 Å². The molecular formula is C22H18Cl2N4OS2. The van der Waals surface area contributed by atoms with Gasteiger partial charge in [0.05, 0.1) is 16.5 Å². The lowest BCUT2D eigenvalue weighted by molar-refractivity contribution is -0.113. The van der Waals surface area contributed by atoms with Crippen molar-refractivity contribution in [3.63, 3.8) is 0 Å². The summed E-state index contributed by atoms with van der Waals surface area (Å²) in [6, 6.07) is 15.2. The standard InChI is InChI=1S/C22H18Cl2N4OS2/c1-13-20(14-6-4-3-5-7-14)16(11-30-13)21-26-27-22(28(21)2)31-12-19(29)25-18-9-8-15(23)10-17(18)24/h3-11H,12H2,1-2H3,(H,25,29). The molecule has 0 saturated carbocycles. The molecule has 1 N–H and O–H groups in total. The molecule has 0 fully saturated rings. The van der Waals surface area contributed by atoms with Crippen LogP contribution in [0, 0.1) is 6.92 Å². The zero-order valence-corrected chi connectivity index (χ0v) is 19.9. The van der Waals surface area contributed by atoms with Crippen molar-refractivity contribution in [3.05, 3.63) is 68.8 Å². The highest BCUT2D eigenvalue weighted by molar-refractivity contribution is 7.99. The van der Waals surface area contributed by atoms with Gasteiger partial charge in [0.1, 0.15) is 0 Å². The van der Waals surface area contributed by atoms with Gasteiger partial charge in [-0.25, -0.2) is 0 Å². The van der Waals surface area contributed by atoms with Crippen molar-refractivity contribution in [1.29, 1.82) is 0 Å². The Morgan fingerprint density at radius 1 is 1.16 bits per heavy atom. The van der Waals surface area contributed by atoms with E-state index in [1.54, 1.807) is 29.5 Å². The summed E-state index contributed by atoms with van der Waals surface area (Å²) in [5, 5.41) is 15.2. The van der Waals surface area contributed by atoms with Crippen molar-refractivity contribution in [2.75, 3.05) is 11.1 Å². The average molecular weight is 489 g/mol. The fraction of sp³-hybridized carbons (Fsp3) is 0.136. The fourth-order valence-corrected chi connectivity index (χ4v) is 5.20. The lowest BCUT2D eigenvalue weighted by Gasteiger charge is -2.08. The minimum Gasteiger partial charge on any atom is -0.324 e. The average Bonchev–Trinajstić information content (AvgIpc) is 3.31. The van der Waals surface area contributed by atoms with Crippen LogP contribution in [-0.2, 0) is 11.8 Å². The first kappa shape index (κ1) is 21.9. The highest BCUT2D eigenvalue weighted by atomic mass is 35.5. The minimum atomic E-state index is -0.185. The maximum Gasteiger partial charge on any atom is 0.234 e. The van der Waals surface area contributed by atoms with E-state index in [1.165, 1.54) is 16.6 Å². The quantitative estimate of drug-likeness (QED) is 0.312. The summed E-state index contributed by atoms with van der Waals surface area (Å²) < 4.78 is 1.92. The molecule has 0 radical (unpaired) electrons. The van der Waals surface area contributed by atoms with Crippen LogP contribution in [0.2, 0.25) is 10.0 Å². The molecule has 2 aromatic carbocycles. The minimum absolute atomic E-state index is 0.180. The Labute approximate surface area is 198 Å². The summed E-state index contributed by atoms with van der Waals surface area (Å²) in [7, 11) is 1.91. The second-order valence-electron chi connectivity index (χ2n) is 6.77. The molecule has 2 heterocycles. The molecule has 0 atom stereocenters. The molecule has 0 saturated heterocycles. The first-order valence-electron chi connectivity index (χ1n) is 9.35. The molecule has 0 spiro atoms. The number of nitrogens with one attached hydrogen (secondary N) is 1. The summed E-state index contributed by atoms with van der Waals surface area (Å²) in [5.41, 5.74) is 3.87. The van der Waals surface area contributed by atoms with E-state index in [9.17, 15) is 4.79 Å². The maximum absolute atomic E-state index is 12.4. The number of carbonyl (C=O) groups excluding carboxylic acids is 1. The SMILES string of the molecule is Cc1scc(-c2nnc(SCC(=O)Nc3ccc(Cl)cc3Cl)n2C)c1-c1ccccc1. The Balaban J connectivity index is 1.50. The van der Waals surface area contributed by atoms with Crippen LogP contribution in [0.4, 0.5) is 5.69 Å². The number of halogens is 2. The molecule has 4 aromatic rings. The zero-order chi connectivity index (χ0) is 22.0. The summed E-state index contributed by atoms with van der Waals surface area (Å²) >= 11 is 15.0. The van der Waals surface area contributed by atoms with Gasteiger partial charge in [-0.2, -0.15) is 0 Å². The van der Waals surface area contributed by atoms with Crippen molar-refractivity contribution in [2.45, 2.75) is 12.1 Å². The van der Waals surface area contributed by atoms with Gasteiger partial charge in [-0.05, 0) is 30.7 Å². The van der Waals surface area contributed by atoms with Crippen LogP contribution < -0.4 is 5.32 Å². The molecule has 5 nitrogen and oxygen atoms in total. The number of hydrogen-bond acceptors (Lipinski definition) is 5. The number of aryl methyl sites for hydroxylation is 1. The third-order valence-electron chi connectivity index (χ3n) is 4.65. The number of aromatic nitrogens is 3. The topological polar surface area (TPSA) is 59.8 Å². The van der Waals surface area contributed by atoms with Gasteiger partial charge in [-0.3, -0.25) is 4.79 Å². The predicted molar refractivity (Wildman–Crippen MR) is 130 cm³/mol. The van der Waals surface area contributed by atoms with Gasteiger partial charge in [-0.15, -0.1) is 21.5 Å². The molecule has 0 aliphatic heterocycles. The zero-order valence-electron chi connectivity index (χ0n) is 16.7. The number of amides is 1. The van der Waals surface area contributed by atoms with Crippen molar-refractivity contribution in [2.24, 2.45) is 7.05 Å². The number of benzene rings is 2. The van der Waals surface area contributed by atoms with E-state index in [0.29, 0.717) is 20.9 Å². The van der Waals surface area contributed by atoms with Crippen molar-refractivity contribution in [1.82, 2.24) is 14.8 Å². The molecule has 0 bridgehead atoms. The number of rotatable bonds is 6. The van der Waals surface area contributed by atoms with Gasteiger partial charge < -0.3 is 9.88 Å². The Kier molecular flexibility index (Phi) is 6.67. The van der Waals surface area contributed by atoms with Crippen LogP contribution in [0.1, 0.15) is 4.88 Å². The third-order valence-corrected chi connectivity index (χ3v) is 7.13. The van der Waals surface area contributed by atoms with Crippen LogP contribution in [0.15, 0.2) is 59.1 Å². The summed E-state index contributed by atoms with van der Waals surface area (Å²) in [6.45, 7) is 2.11. The lowest BCUT2D eigenvalue weighted by atomic mass is 10.0. The maximum atomic E-state index is 12.4.